The molecule has 0 amide bonds. The van der Waals surface area contributed by atoms with Gasteiger partial charge in [-0.05, 0) is 42.0 Å². The van der Waals surface area contributed by atoms with Crippen LogP contribution in [0.25, 0.3) is 11.3 Å². The summed E-state index contributed by atoms with van der Waals surface area (Å²) in [5, 5.41) is 19.2. The second-order valence-corrected chi connectivity index (χ2v) is 4.42. The van der Waals surface area contributed by atoms with Crippen LogP contribution in [0.3, 0.4) is 0 Å². The lowest BCUT2D eigenvalue weighted by Gasteiger charge is -2.08. The molecule has 0 radical (unpaired) electrons. The Morgan fingerprint density at radius 2 is 1.41 bits per heavy atom. The molecular weight excluding hydrogens is 298 g/mol. The zero-order valence-electron chi connectivity index (χ0n) is 11.0. The Kier molecular flexibility index (Phi) is 4.18. The van der Waals surface area contributed by atoms with Crippen molar-refractivity contribution in [3.63, 3.8) is 0 Å². The molecule has 0 saturated heterocycles. The van der Waals surface area contributed by atoms with Crippen LogP contribution >= 0.6 is 0 Å². The number of alkyl halides is 3. The highest BCUT2D eigenvalue weighted by atomic mass is 19.4. The van der Waals surface area contributed by atoms with Crippen molar-refractivity contribution in [3.8, 4) is 6.07 Å². The van der Waals surface area contributed by atoms with Gasteiger partial charge in [0.15, 0.2) is 0 Å². The fraction of sp³-hybridized carbons (Fsp3) is 0.0625. The summed E-state index contributed by atoms with van der Waals surface area (Å²) in [6.45, 7) is 0. The largest absolute Gasteiger partial charge is 0.506 e. The van der Waals surface area contributed by atoms with Gasteiger partial charge in [-0.15, -0.1) is 0 Å². The molecule has 22 heavy (non-hydrogen) atoms. The van der Waals surface area contributed by atoms with Gasteiger partial charge in [0.2, 0.25) is 0 Å². The molecule has 1 N–H and O–H groups in total. The van der Waals surface area contributed by atoms with Gasteiger partial charge in [0.1, 0.15) is 23.2 Å². The standard InChI is InChI=1S/C16H9F4NO/c17-13-7-3-11(4-8-13)15(22)14(9-21)10-1-5-12(6-2-10)16(18,19)20/h1-8,22H/b15-14-. The van der Waals surface area contributed by atoms with E-state index in [9.17, 15) is 22.7 Å². The third-order valence-electron chi connectivity index (χ3n) is 2.97. The number of nitrogens with zero attached hydrogens (tertiary/aromatic N) is 1. The highest BCUT2D eigenvalue weighted by Gasteiger charge is 2.30. The minimum Gasteiger partial charge on any atom is -0.506 e. The van der Waals surface area contributed by atoms with Gasteiger partial charge in [0.25, 0.3) is 0 Å². The monoisotopic (exact) mass is 307 g/mol. The fourth-order valence-electron chi connectivity index (χ4n) is 1.83. The van der Waals surface area contributed by atoms with Gasteiger partial charge in [0, 0.05) is 5.56 Å². The summed E-state index contributed by atoms with van der Waals surface area (Å²) in [5.41, 5.74) is -0.717. The Labute approximate surface area is 123 Å². The summed E-state index contributed by atoms with van der Waals surface area (Å²) in [7, 11) is 0. The quantitative estimate of drug-likeness (QED) is 0.375. The van der Waals surface area contributed by atoms with Crippen LogP contribution in [0.1, 0.15) is 16.7 Å². The highest BCUT2D eigenvalue weighted by molar-refractivity contribution is 5.94. The second-order valence-electron chi connectivity index (χ2n) is 4.42. The number of aliphatic hydroxyl groups excluding tert-OH is 1. The van der Waals surface area contributed by atoms with E-state index in [0.29, 0.717) is 0 Å². The molecule has 2 rings (SSSR count). The van der Waals surface area contributed by atoms with E-state index in [1.165, 1.54) is 12.1 Å². The Hall–Kier alpha value is -2.81. The number of allylic oxidation sites excluding steroid dienone is 1. The van der Waals surface area contributed by atoms with Crippen molar-refractivity contribution in [3.05, 3.63) is 71.0 Å². The molecule has 0 fully saturated rings. The first kappa shape index (κ1) is 15.6. The van der Waals surface area contributed by atoms with Crippen LogP contribution in [0.2, 0.25) is 0 Å². The molecule has 0 aliphatic rings. The van der Waals surface area contributed by atoms with Crippen LogP contribution in [0.4, 0.5) is 17.6 Å². The van der Waals surface area contributed by atoms with Crippen LogP contribution in [-0.4, -0.2) is 5.11 Å². The molecule has 0 spiro atoms. The summed E-state index contributed by atoms with van der Waals surface area (Å²) in [6, 6.07) is 10.3. The molecule has 0 aromatic heterocycles. The van der Waals surface area contributed by atoms with Crippen molar-refractivity contribution in [2.24, 2.45) is 0 Å². The van der Waals surface area contributed by atoms with E-state index in [2.05, 4.69) is 0 Å². The van der Waals surface area contributed by atoms with E-state index in [1.807, 2.05) is 0 Å². The Bertz CT molecular complexity index is 738. The molecule has 0 unspecified atom stereocenters. The third-order valence-corrected chi connectivity index (χ3v) is 2.97. The maximum Gasteiger partial charge on any atom is 0.416 e. The van der Waals surface area contributed by atoms with Crippen LogP contribution in [0.15, 0.2) is 48.5 Å². The lowest BCUT2D eigenvalue weighted by molar-refractivity contribution is -0.137. The van der Waals surface area contributed by atoms with Crippen molar-refractivity contribution >= 4 is 11.3 Å². The maximum atomic E-state index is 12.8. The van der Waals surface area contributed by atoms with Gasteiger partial charge < -0.3 is 5.11 Å². The van der Waals surface area contributed by atoms with E-state index in [0.717, 1.165) is 36.4 Å². The lowest BCUT2D eigenvalue weighted by atomic mass is 10.0. The number of rotatable bonds is 2. The second kappa shape index (κ2) is 5.90. The summed E-state index contributed by atoms with van der Waals surface area (Å²) in [5.74, 6) is -0.938. The van der Waals surface area contributed by atoms with Gasteiger partial charge in [0.05, 0.1) is 5.56 Å². The zero-order valence-corrected chi connectivity index (χ0v) is 11.0. The zero-order chi connectivity index (χ0) is 16.3. The van der Waals surface area contributed by atoms with Gasteiger partial charge in [-0.1, -0.05) is 12.1 Å². The Balaban J connectivity index is 2.45. The Morgan fingerprint density at radius 1 is 0.909 bits per heavy atom. The Morgan fingerprint density at radius 3 is 1.86 bits per heavy atom. The molecule has 2 nitrogen and oxygen atoms in total. The molecule has 2 aromatic carbocycles. The van der Waals surface area contributed by atoms with Crippen LogP contribution < -0.4 is 0 Å². The van der Waals surface area contributed by atoms with Crippen LogP contribution in [0.5, 0.6) is 0 Å². The van der Waals surface area contributed by atoms with Crippen LogP contribution in [0, 0.1) is 17.1 Å². The predicted octanol–water partition coefficient (Wildman–Crippen LogP) is 4.79. The highest BCUT2D eigenvalue weighted by Crippen LogP contribution is 2.31. The first-order valence-corrected chi connectivity index (χ1v) is 6.10. The summed E-state index contributed by atoms with van der Waals surface area (Å²) in [4.78, 5) is 0. The molecule has 2 aromatic rings. The van der Waals surface area contributed by atoms with Gasteiger partial charge in [-0.25, -0.2) is 4.39 Å². The average molecular weight is 307 g/mol. The minimum atomic E-state index is -4.48. The van der Waals surface area contributed by atoms with Crippen molar-refractivity contribution in [2.45, 2.75) is 6.18 Å². The molecule has 0 heterocycles. The van der Waals surface area contributed by atoms with Crippen molar-refractivity contribution < 1.29 is 22.7 Å². The average Bonchev–Trinajstić information content (AvgIpc) is 2.48. The summed E-state index contributed by atoms with van der Waals surface area (Å²) >= 11 is 0. The van der Waals surface area contributed by atoms with E-state index in [1.54, 1.807) is 6.07 Å². The van der Waals surface area contributed by atoms with Crippen molar-refractivity contribution in [1.82, 2.24) is 0 Å². The van der Waals surface area contributed by atoms with Gasteiger partial charge in [-0.3, -0.25) is 0 Å². The summed E-state index contributed by atoms with van der Waals surface area (Å²) < 4.78 is 50.3. The number of aliphatic hydroxyl groups is 1. The number of halogens is 4. The molecule has 0 atom stereocenters. The normalized spacial score (nSPS) is 12.5. The molecule has 0 bridgehead atoms. The molecule has 0 aliphatic carbocycles. The summed E-state index contributed by atoms with van der Waals surface area (Å²) in [6.07, 6.45) is -4.48. The smallest absolute Gasteiger partial charge is 0.416 e. The first-order valence-electron chi connectivity index (χ1n) is 6.10. The minimum absolute atomic E-state index is 0.136. The molecule has 112 valence electrons. The number of benzene rings is 2. The molecular formula is C16H9F4NO. The van der Waals surface area contributed by atoms with E-state index < -0.39 is 23.3 Å². The molecule has 0 saturated carbocycles. The number of hydrogen-bond donors (Lipinski definition) is 1. The molecule has 0 aliphatic heterocycles. The topological polar surface area (TPSA) is 44.0 Å². The molecule has 6 heteroatoms. The van der Waals surface area contributed by atoms with Gasteiger partial charge >= 0.3 is 6.18 Å². The van der Waals surface area contributed by atoms with Gasteiger partial charge in [-0.2, -0.15) is 18.4 Å². The van der Waals surface area contributed by atoms with Crippen LogP contribution in [-0.2, 0) is 6.18 Å². The maximum absolute atomic E-state index is 12.8. The fourth-order valence-corrected chi connectivity index (χ4v) is 1.83. The number of nitriles is 1. The van der Waals surface area contributed by atoms with Crippen molar-refractivity contribution in [1.29, 1.82) is 5.26 Å². The number of hydrogen-bond acceptors (Lipinski definition) is 2. The van der Waals surface area contributed by atoms with E-state index in [4.69, 9.17) is 5.26 Å². The first-order chi connectivity index (χ1) is 10.3. The predicted molar refractivity (Wildman–Crippen MR) is 72.9 cm³/mol. The van der Waals surface area contributed by atoms with E-state index in [-0.39, 0.29) is 16.7 Å². The van der Waals surface area contributed by atoms with E-state index >= 15 is 0 Å². The SMILES string of the molecule is N#C/C(=C(/O)c1ccc(F)cc1)c1ccc(C(F)(F)F)cc1. The third kappa shape index (κ3) is 3.26. The van der Waals surface area contributed by atoms with Crippen molar-refractivity contribution in [2.75, 3.05) is 0 Å². The lowest BCUT2D eigenvalue weighted by Crippen LogP contribution is -2.04.